The summed E-state index contributed by atoms with van der Waals surface area (Å²) in [5.74, 6) is -0.120. The number of hydrogen-bond donors (Lipinski definition) is 2. The molecule has 0 bridgehead atoms. The molecular formula is C14H18N4O. The van der Waals surface area contributed by atoms with Gasteiger partial charge < -0.3 is 11.1 Å². The molecule has 0 unspecified atom stereocenters. The Balaban J connectivity index is 2.05. The molecule has 0 spiro atoms. The summed E-state index contributed by atoms with van der Waals surface area (Å²) in [5.41, 5.74) is 8.80. The molecule has 5 heteroatoms. The summed E-state index contributed by atoms with van der Waals surface area (Å²) in [5, 5.41) is 7.13. The number of hydrogen-bond acceptors (Lipinski definition) is 3. The number of aryl methyl sites for hydroxylation is 2. The number of nitrogens with two attached hydrogens (primary N) is 1. The molecule has 0 saturated carbocycles. The zero-order valence-electron chi connectivity index (χ0n) is 11.2. The molecule has 0 atom stereocenters. The molecule has 0 aliphatic heterocycles. The standard InChI is InChI=1S/C14H18N4O/c1-3-18-13(7-10(2)17-18)14(19)16-9-11-5-4-6-12(15)8-11/h4-8H,3,9,15H2,1-2H3,(H,16,19). The van der Waals surface area contributed by atoms with E-state index >= 15 is 0 Å². The first-order chi connectivity index (χ1) is 9.10. The van der Waals surface area contributed by atoms with Crippen molar-refractivity contribution >= 4 is 11.6 Å². The smallest absolute Gasteiger partial charge is 0.269 e. The van der Waals surface area contributed by atoms with E-state index < -0.39 is 0 Å². The van der Waals surface area contributed by atoms with Gasteiger partial charge in [0.05, 0.1) is 5.69 Å². The lowest BCUT2D eigenvalue weighted by molar-refractivity contribution is 0.0940. The van der Waals surface area contributed by atoms with Crippen molar-refractivity contribution < 1.29 is 4.79 Å². The second kappa shape index (κ2) is 5.56. The van der Waals surface area contributed by atoms with Gasteiger partial charge in [0.25, 0.3) is 5.91 Å². The largest absolute Gasteiger partial charge is 0.399 e. The maximum absolute atomic E-state index is 12.1. The van der Waals surface area contributed by atoms with Gasteiger partial charge in [-0.25, -0.2) is 0 Å². The number of carbonyl (C=O) groups excluding carboxylic acids is 1. The number of anilines is 1. The predicted molar refractivity (Wildman–Crippen MR) is 74.7 cm³/mol. The lowest BCUT2D eigenvalue weighted by Gasteiger charge is -2.07. The molecule has 5 nitrogen and oxygen atoms in total. The van der Waals surface area contributed by atoms with Gasteiger partial charge in [0.2, 0.25) is 0 Å². The highest BCUT2D eigenvalue weighted by Crippen LogP contribution is 2.07. The first-order valence-corrected chi connectivity index (χ1v) is 6.27. The van der Waals surface area contributed by atoms with Crippen molar-refractivity contribution in [1.82, 2.24) is 15.1 Å². The minimum Gasteiger partial charge on any atom is -0.399 e. The summed E-state index contributed by atoms with van der Waals surface area (Å²) in [6.07, 6.45) is 0. The Morgan fingerprint density at radius 2 is 2.21 bits per heavy atom. The maximum atomic E-state index is 12.1. The van der Waals surface area contributed by atoms with Gasteiger partial charge in [0, 0.05) is 18.8 Å². The maximum Gasteiger partial charge on any atom is 0.269 e. The van der Waals surface area contributed by atoms with Crippen LogP contribution in [0.2, 0.25) is 0 Å². The fourth-order valence-corrected chi connectivity index (χ4v) is 1.95. The SMILES string of the molecule is CCn1nc(C)cc1C(=O)NCc1cccc(N)c1. The van der Waals surface area contributed by atoms with Crippen LogP contribution in [0, 0.1) is 6.92 Å². The third-order valence-electron chi connectivity index (χ3n) is 2.84. The van der Waals surface area contributed by atoms with Crippen molar-refractivity contribution in [3.63, 3.8) is 0 Å². The van der Waals surface area contributed by atoms with E-state index in [1.807, 2.05) is 38.1 Å². The quantitative estimate of drug-likeness (QED) is 0.820. The molecule has 1 aromatic carbocycles. The Bertz CT molecular complexity index is 589. The molecule has 19 heavy (non-hydrogen) atoms. The van der Waals surface area contributed by atoms with E-state index in [0.717, 1.165) is 11.3 Å². The van der Waals surface area contributed by atoms with Crippen LogP contribution in [-0.2, 0) is 13.1 Å². The van der Waals surface area contributed by atoms with Crippen LogP contribution < -0.4 is 11.1 Å². The van der Waals surface area contributed by atoms with Crippen LogP contribution in [-0.4, -0.2) is 15.7 Å². The fourth-order valence-electron chi connectivity index (χ4n) is 1.95. The Labute approximate surface area is 112 Å². The number of aromatic nitrogens is 2. The van der Waals surface area contributed by atoms with Crippen LogP contribution in [0.25, 0.3) is 0 Å². The third-order valence-corrected chi connectivity index (χ3v) is 2.84. The zero-order valence-corrected chi connectivity index (χ0v) is 11.2. The van der Waals surface area contributed by atoms with Crippen LogP contribution >= 0.6 is 0 Å². The Morgan fingerprint density at radius 1 is 1.42 bits per heavy atom. The highest BCUT2D eigenvalue weighted by molar-refractivity contribution is 5.92. The van der Waals surface area contributed by atoms with E-state index in [1.165, 1.54) is 0 Å². The summed E-state index contributed by atoms with van der Waals surface area (Å²) in [4.78, 5) is 12.1. The minimum absolute atomic E-state index is 0.120. The first kappa shape index (κ1) is 13.1. The molecular weight excluding hydrogens is 240 g/mol. The Kier molecular flexibility index (Phi) is 3.85. The highest BCUT2D eigenvalue weighted by atomic mass is 16.2. The molecule has 1 aromatic heterocycles. The molecule has 0 fully saturated rings. The Morgan fingerprint density at radius 3 is 2.89 bits per heavy atom. The number of amides is 1. The van der Waals surface area contributed by atoms with Crippen molar-refractivity contribution in [2.45, 2.75) is 26.9 Å². The van der Waals surface area contributed by atoms with Gasteiger partial charge in [0.1, 0.15) is 5.69 Å². The number of nitrogens with one attached hydrogen (secondary N) is 1. The summed E-state index contributed by atoms with van der Waals surface area (Å²) in [6.45, 7) is 4.97. The molecule has 1 heterocycles. The molecule has 100 valence electrons. The number of nitrogen functional groups attached to an aromatic ring is 1. The van der Waals surface area contributed by atoms with Gasteiger partial charge in [-0.1, -0.05) is 12.1 Å². The van der Waals surface area contributed by atoms with Crippen molar-refractivity contribution in [1.29, 1.82) is 0 Å². The average Bonchev–Trinajstić information content (AvgIpc) is 2.77. The number of carbonyl (C=O) groups is 1. The first-order valence-electron chi connectivity index (χ1n) is 6.27. The number of nitrogens with zero attached hydrogens (tertiary/aromatic N) is 2. The van der Waals surface area contributed by atoms with Crippen LogP contribution in [0.15, 0.2) is 30.3 Å². The monoisotopic (exact) mass is 258 g/mol. The van der Waals surface area contributed by atoms with Gasteiger partial charge in [0.15, 0.2) is 0 Å². The topological polar surface area (TPSA) is 72.9 Å². The van der Waals surface area contributed by atoms with E-state index in [1.54, 1.807) is 10.7 Å². The molecule has 1 amide bonds. The summed E-state index contributed by atoms with van der Waals surface area (Å²) >= 11 is 0. The molecule has 2 aromatic rings. The second-order valence-electron chi connectivity index (χ2n) is 4.41. The summed E-state index contributed by atoms with van der Waals surface area (Å²) < 4.78 is 1.70. The van der Waals surface area contributed by atoms with Crippen molar-refractivity contribution in [3.8, 4) is 0 Å². The molecule has 0 saturated heterocycles. The fraction of sp³-hybridized carbons (Fsp3) is 0.286. The zero-order chi connectivity index (χ0) is 13.8. The van der Waals surface area contributed by atoms with Gasteiger partial charge >= 0.3 is 0 Å². The van der Waals surface area contributed by atoms with Crippen LogP contribution in [0.3, 0.4) is 0 Å². The Hall–Kier alpha value is -2.30. The second-order valence-corrected chi connectivity index (χ2v) is 4.41. The van der Waals surface area contributed by atoms with Crippen molar-refractivity contribution in [3.05, 3.63) is 47.3 Å². The van der Waals surface area contributed by atoms with Gasteiger partial charge in [-0.2, -0.15) is 5.10 Å². The molecule has 0 radical (unpaired) electrons. The minimum atomic E-state index is -0.120. The van der Waals surface area contributed by atoms with Gasteiger partial charge in [-0.3, -0.25) is 9.48 Å². The number of rotatable bonds is 4. The average molecular weight is 258 g/mol. The lowest BCUT2D eigenvalue weighted by atomic mass is 10.2. The van der Waals surface area contributed by atoms with E-state index in [9.17, 15) is 4.79 Å². The van der Waals surface area contributed by atoms with Gasteiger partial charge in [-0.05, 0) is 37.6 Å². The third kappa shape index (κ3) is 3.13. The lowest BCUT2D eigenvalue weighted by Crippen LogP contribution is -2.25. The van der Waals surface area contributed by atoms with E-state index in [0.29, 0.717) is 24.5 Å². The molecule has 0 aliphatic carbocycles. The van der Waals surface area contributed by atoms with Crippen molar-refractivity contribution in [2.24, 2.45) is 0 Å². The number of benzene rings is 1. The predicted octanol–water partition coefficient (Wildman–Crippen LogP) is 1.72. The van der Waals surface area contributed by atoms with Crippen molar-refractivity contribution in [2.75, 3.05) is 5.73 Å². The van der Waals surface area contributed by atoms with Crippen LogP contribution in [0.4, 0.5) is 5.69 Å². The van der Waals surface area contributed by atoms with Crippen LogP contribution in [0.1, 0.15) is 28.7 Å². The van der Waals surface area contributed by atoms with E-state index in [4.69, 9.17) is 5.73 Å². The normalized spacial score (nSPS) is 10.4. The molecule has 2 rings (SSSR count). The van der Waals surface area contributed by atoms with Crippen LogP contribution in [0.5, 0.6) is 0 Å². The summed E-state index contributed by atoms with van der Waals surface area (Å²) in [7, 11) is 0. The highest BCUT2D eigenvalue weighted by Gasteiger charge is 2.12. The van der Waals surface area contributed by atoms with Gasteiger partial charge in [-0.15, -0.1) is 0 Å². The summed E-state index contributed by atoms with van der Waals surface area (Å²) in [6, 6.07) is 9.26. The van der Waals surface area contributed by atoms with E-state index in [-0.39, 0.29) is 5.91 Å². The van der Waals surface area contributed by atoms with E-state index in [2.05, 4.69) is 10.4 Å². The molecule has 3 N–H and O–H groups in total. The molecule has 0 aliphatic rings.